The fourth-order valence-electron chi connectivity index (χ4n) is 2.61. The standard InChI is InChI=1S/C14H29NO5/c1-10(8-20-9-12(19)15-5-6-16)13(11(18)7-17)14(2,3)4/h10-11,13,16-18H,5-9H2,1-4H3,(H,15,19)/t10?,11-,13?/m1/s1. The molecule has 0 aromatic heterocycles. The number of aliphatic hydroxyl groups excluding tert-OH is 3. The third-order valence-corrected chi connectivity index (χ3v) is 3.26. The first-order chi connectivity index (χ1) is 9.23. The Hall–Kier alpha value is -0.690. The second kappa shape index (κ2) is 9.28. The first kappa shape index (κ1) is 19.3. The minimum atomic E-state index is -0.809. The third kappa shape index (κ3) is 7.19. The highest BCUT2D eigenvalue weighted by molar-refractivity contribution is 5.77. The van der Waals surface area contributed by atoms with Crippen molar-refractivity contribution in [2.45, 2.75) is 33.8 Å². The van der Waals surface area contributed by atoms with Crippen LogP contribution in [0.15, 0.2) is 0 Å². The van der Waals surface area contributed by atoms with Crippen LogP contribution in [-0.4, -0.2) is 60.3 Å². The lowest BCUT2D eigenvalue weighted by atomic mass is 9.71. The molecule has 6 heteroatoms. The van der Waals surface area contributed by atoms with Crippen LogP contribution in [-0.2, 0) is 9.53 Å². The normalized spacial score (nSPS) is 16.6. The van der Waals surface area contributed by atoms with E-state index in [0.717, 1.165) is 0 Å². The van der Waals surface area contributed by atoms with Crippen LogP contribution in [0, 0.1) is 17.3 Å². The van der Waals surface area contributed by atoms with E-state index in [4.69, 9.17) is 14.9 Å². The Morgan fingerprint density at radius 3 is 2.35 bits per heavy atom. The van der Waals surface area contributed by atoms with Crippen molar-refractivity contribution < 1.29 is 24.9 Å². The fraction of sp³-hybridized carbons (Fsp3) is 0.929. The van der Waals surface area contributed by atoms with E-state index in [1.807, 2.05) is 27.7 Å². The summed E-state index contributed by atoms with van der Waals surface area (Å²) in [4.78, 5) is 11.3. The number of carbonyl (C=O) groups excluding carboxylic acids is 1. The van der Waals surface area contributed by atoms with Crippen molar-refractivity contribution in [3.8, 4) is 0 Å². The topological polar surface area (TPSA) is 99.0 Å². The molecule has 0 bridgehead atoms. The number of hydrogen-bond donors (Lipinski definition) is 4. The first-order valence-electron chi connectivity index (χ1n) is 6.98. The predicted octanol–water partition coefficient (Wildman–Crippen LogP) is -0.237. The lowest BCUT2D eigenvalue weighted by Crippen LogP contribution is -2.41. The predicted molar refractivity (Wildman–Crippen MR) is 76.1 cm³/mol. The molecule has 0 aromatic rings. The van der Waals surface area contributed by atoms with Crippen molar-refractivity contribution >= 4 is 5.91 Å². The first-order valence-corrected chi connectivity index (χ1v) is 6.98. The fourth-order valence-corrected chi connectivity index (χ4v) is 2.61. The molecule has 0 radical (unpaired) electrons. The molecule has 0 saturated heterocycles. The summed E-state index contributed by atoms with van der Waals surface area (Å²) in [6.45, 7) is 8.01. The lowest BCUT2D eigenvalue weighted by Gasteiger charge is -2.38. The van der Waals surface area contributed by atoms with Crippen LogP contribution in [0.3, 0.4) is 0 Å². The molecule has 0 aliphatic carbocycles. The molecule has 0 heterocycles. The van der Waals surface area contributed by atoms with Crippen molar-refractivity contribution in [2.24, 2.45) is 17.3 Å². The molecule has 2 unspecified atom stereocenters. The van der Waals surface area contributed by atoms with Gasteiger partial charge in [0.15, 0.2) is 0 Å². The Kier molecular flexibility index (Phi) is 8.96. The maximum atomic E-state index is 11.3. The second-order valence-electron chi connectivity index (χ2n) is 6.21. The van der Waals surface area contributed by atoms with Crippen molar-refractivity contribution in [3.05, 3.63) is 0 Å². The van der Waals surface area contributed by atoms with E-state index in [1.165, 1.54) is 0 Å². The molecule has 0 aliphatic heterocycles. The Balaban J connectivity index is 4.27. The van der Waals surface area contributed by atoms with Gasteiger partial charge in [-0.2, -0.15) is 0 Å². The summed E-state index contributed by atoms with van der Waals surface area (Å²) in [5.41, 5.74) is -0.177. The molecule has 20 heavy (non-hydrogen) atoms. The van der Waals surface area contributed by atoms with Crippen LogP contribution in [0.5, 0.6) is 0 Å². The van der Waals surface area contributed by atoms with Crippen molar-refractivity contribution in [1.82, 2.24) is 5.32 Å². The Morgan fingerprint density at radius 1 is 1.30 bits per heavy atom. The van der Waals surface area contributed by atoms with E-state index in [1.54, 1.807) is 0 Å². The number of aliphatic hydroxyl groups is 3. The molecule has 0 spiro atoms. The minimum Gasteiger partial charge on any atom is -0.395 e. The van der Waals surface area contributed by atoms with Crippen LogP contribution in [0.1, 0.15) is 27.7 Å². The average molecular weight is 291 g/mol. The van der Waals surface area contributed by atoms with Gasteiger partial charge in [0.25, 0.3) is 0 Å². The SMILES string of the molecule is CC(COCC(=O)NCCO)C([C@H](O)CO)C(C)(C)C. The number of ether oxygens (including phenoxy) is 1. The second-order valence-corrected chi connectivity index (χ2v) is 6.21. The maximum Gasteiger partial charge on any atom is 0.246 e. The van der Waals surface area contributed by atoms with E-state index >= 15 is 0 Å². The summed E-state index contributed by atoms with van der Waals surface area (Å²) >= 11 is 0. The molecule has 1 amide bonds. The maximum absolute atomic E-state index is 11.3. The molecule has 6 nitrogen and oxygen atoms in total. The highest BCUT2D eigenvalue weighted by Gasteiger charge is 2.35. The van der Waals surface area contributed by atoms with E-state index in [-0.39, 0.29) is 49.5 Å². The van der Waals surface area contributed by atoms with Gasteiger partial charge < -0.3 is 25.4 Å². The number of hydrogen-bond acceptors (Lipinski definition) is 5. The average Bonchev–Trinajstić information content (AvgIpc) is 2.34. The summed E-state index contributed by atoms with van der Waals surface area (Å²) < 4.78 is 5.34. The molecule has 0 rings (SSSR count). The number of carbonyl (C=O) groups is 1. The Bertz CT molecular complexity index is 277. The summed E-state index contributed by atoms with van der Waals surface area (Å²) in [5.74, 6) is -0.405. The minimum absolute atomic E-state index is 0.00259. The Labute approximate surface area is 121 Å². The van der Waals surface area contributed by atoms with Gasteiger partial charge in [0.05, 0.1) is 25.9 Å². The van der Waals surface area contributed by atoms with Gasteiger partial charge in [0, 0.05) is 6.54 Å². The highest BCUT2D eigenvalue weighted by atomic mass is 16.5. The van der Waals surface area contributed by atoms with Crippen LogP contribution >= 0.6 is 0 Å². The summed E-state index contributed by atoms with van der Waals surface area (Å²) in [5, 5.41) is 30.2. The Morgan fingerprint density at radius 2 is 1.90 bits per heavy atom. The van der Waals surface area contributed by atoms with E-state index in [9.17, 15) is 9.90 Å². The van der Waals surface area contributed by atoms with Gasteiger partial charge in [-0.15, -0.1) is 0 Å². The largest absolute Gasteiger partial charge is 0.395 e. The van der Waals surface area contributed by atoms with Crippen molar-refractivity contribution in [3.63, 3.8) is 0 Å². The summed E-state index contributed by atoms with van der Waals surface area (Å²) in [6, 6.07) is 0. The van der Waals surface area contributed by atoms with Crippen LogP contribution in [0.4, 0.5) is 0 Å². The number of nitrogens with one attached hydrogen (secondary N) is 1. The summed E-state index contributed by atoms with van der Waals surface area (Å²) in [7, 11) is 0. The summed E-state index contributed by atoms with van der Waals surface area (Å²) in [6.07, 6.45) is -0.809. The zero-order chi connectivity index (χ0) is 15.8. The van der Waals surface area contributed by atoms with Gasteiger partial charge in [0.2, 0.25) is 5.91 Å². The molecule has 0 aliphatic rings. The smallest absolute Gasteiger partial charge is 0.246 e. The molecule has 3 atom stereocenters. The number of amides is 1. The lowest BCUT2D eigenvalue weighted by molar-refractivity contribution is -0.127. The van der Waals surface area contributed by atoms with Crippen LogP contribution in [0.25, 0.3) is 0 Å². The van der Waals surface area contributed by atoms with Gasteiger partial charge in [-0.3, -0.25) is 4.79 Å². The highest BCUT2D eigenvalue weighted by Crippen LogP contribution is 2.35. The van der Waals surface area contributed by atoms with Gasteiger partial charge in [-0.05, 0) is 17.3 Å². The molecule has 0 aromatic carbocycles. The quantitative estimate of drug-likeness (QED) is 0.470. The zero-order valence-electron chi connectivity index (χ0n) is 12.9. The molecular weight excluding hydrogens is 262 g/mol. The van der Waals surface area contributed by atoms with Crippen LogP contribution < -0.4 is 5.32 Å². The van der Waals surface area contributed by atoms with Gasteiger partial charge in [-0.1, -0.05) is 27.7 Å². The van der Waals surface area contributed by atoms with Crippen molar-refractivity contribution in [1.29, 1.82) is 0 Å². The molecule has 0 fully saturated rings. The number of rotatable bonds is 9. The van der Waals surface area contributed by atoms with Crippen LogP contribution in [0.2, 0.25) is 0 Å². The van der Waals surface area contributed by atoms with Gasteiger partial charge in [0.1, 0.15) is 6.61 Å². The van der Waals surface area contributed by atoms with E-state index in [2.05, 4.69) is 5.32 Å². The molecular formula is C14H29NO5. The molecule has 0 saturated carbocycles. The van der Waals surface area contributed by atoms with Crippen molar-refractivity contribution in [2.75, 3.05) is 33.0 Å². The monoisotopic (exact) mass is 291 g/mol. The van der Waals surface area contributed by atoms with E-state index in [0.29, 0.717) is 6.61 Å². The van der Waals surface area contributed by atoms with Gasteiger partial charge >= 0.3 is 0 Å². The van der Waals surface area contributed by atoms with Gasteiger partial charge in [-0.25, -0.2) is 0 Å². The molecule has 120 valence electrons. The van der Waals surface area contributed by atoms with E-state index < -0.39 is 6.10 Å². The zero-order valence-corrected chi connectivity index (χ0v) is 12.9. The molecule has 4 N–H and O–H groups in total. The third-order valence-electron chi connectivity index (χ3n) is 3.26.